The predicted octanol–water partition coefficient (Wildman–Crippen LogP) is -0.667. The van der Waals surface area contributed by atoms with Crippen LogP contribution in [0.1, 0.15) is 13.8 Å². The number of rotatable bonds is 2. The molecule has 0 aliphatic carbocycles. The molecule has 1 fully saturated rings. The Morgan fingerprint density at radius 2 is 2.12 bits per heavy atom. The van der Waals surface area contributed by atoms with Crippen molar-refractivity contribution in [2.75, 3.05) is 26.7 Å². The number of carbonyl (C=O) groups excluding carboxylic acids is 2. The van der Waals surface area contributed by atoms with Crippen molar-refractivity contribution >= 4 is 17.9 Å². The highest BCUT2D eigenvalue weighted by molar-refractivity contribution is 5.92. The highest BCUT2D eigenvalue weighted by Crippen LogP contribution is 2.19. The van der Waals surface area contributed by atoms with Gasteiger partial charge in [0.15, 0.2) is 0 Å². The van der Waals surface area contributed by atoms with Crippen molar-refractivity contribution in [1.82, 2.24) is 15.1 Å². The molecule has 96 valence electrons. The van der Waals surface area contributed by atoms with E-state index in [4.69, 9.17) is 5.11 Å². The van der Waals surface area contributed by atoms with Crippen molar-refractivity contribution in [1.29, 1.82) is 0 Å². The van der Waals surface area contributed by atoms with Gasteiger partial charge >= 0.3 is 12.0 Å². The highest BCUT2D eigenvalue weighted by atomic mass is 16.4. The fourth-order valence-electron chi connectivity index (χ4n) is 1.71. The number of urea groups is 1. The minimum Gasteiger partial charge on any atom is -0.480 e. The summed E-state index contributed by atoms with van der Waals surface area (Å²) in [5, 5.41) is 11.3. The number of piperazine rings is 1. The zero-order chi connectivity index (χ0) is 13.2. The molecule has 17 heavy (non-hydrogen) atoms. The second kappa shape index (κ2) is 4.60. The van der Waals surface area contributed by atoms with E-state index >= 15 is 0 Å². The number of hydrogen-bond donors (Lipinski definition) is 2. The van der Waals surface area contributed by atoms with E-state index in [0.717, 1.165) is 4.90 Å². The maximum Gasteiger partial charge on any atom is 0.323 e. The summed E-state index contributed by atoms with van der Waals surface area (Å²) in [6, 6.07) is -0.452. The fraction of sp³-hybridized carbons (Fsp3) is 0.700. The van der Waals surface area contributed by atoms with Crippen LogP contribution in [0.3, 0.4) is 0 Å². The van der Waals surface area contributed by atoms with Crippen molar-refractivity contribution < 1.29 is 19.5 Å². The smallest absolute Gasteiger partial charge is 0.323 e. The Bertz CT molecular complexity index is 353. The van der Waals surface area contributed by atoms with Gasteiger partial charge in [0.05, 0.1) is 0 Å². The molecule has 0 unspecified atom stereocenters. The van der Waals surface area contributed by atoms with Crippen LogP contribution >= 0.6 is 0 Å². The van der Waals surface area contributed by atoms with E-state index in [-0.39, 0.29) is 12.5 Å². The third kappa shape index (κ3) is 2.66. The summed E-state index contributed by atoms with van der Waals surface area (Å²) >= 11 is 0. The van der Waals surface area contributed by atoms with Crippen LogP contribution < -0.4 is 5.32 Å². The molecule has 7 nitrogen and oxygen atoms in total. The summed E-state index contributed by atoms with van der Waals surface area (Å²) < 4.78 is 0. The van der Waals surface area contributed by atoms with Gasteiger partial charge in [0.25, 0.3) is 0 Å². The molecule has 0 radical (unpaired) electrons. The first-order valence-electron chi connectivity index (χ1n) is 5.29. The second-order valence-corrected chi connectivity index (χ2v) is 4.50. The van der Waals surface area contributed by atoms with Crippen LogP contribution in [0.5, 0.6) is 0 Å². The minimum atomic E-state index is -1.08. The van der Waals surface area contributed by atoms with E-state index in [1.807, 2.05) is 0 Å². The largest absolute Gasteiger partial charge is 0.480 e. The Hall–Kier alpha value is -1.79. The van der Waals surface area contributed by atoms with Crippen LogP contribution in [0.25, 0.3) is 0 Å². The van der Waals surface area contributed by atoms with E-state index in [1.165, 1.54) is 11.9 Å². The first-order valence-corrected chi connectivity index (χ1v) is 5.29. The van der Waals surface area contributed by atoms with E-state index in [2.05, 4.69) is 5.32 Å². The monoisotopic (exact) mass is 243 g/mol. The van der Waals surface area contributed by atoms with E-state index in [9.17, 15) is 14.4 Å². The summed E-state index contributed by atoms with van der Waals surface area (Å²) in [4.78, 5) is 36.6. The lowest BCUT2D eigenvalue weighted by molar-refractivity contribution is -0.137. The Labute approximate surface area is 99.4 Å². The van der Waals surface area contributed by atoms with Gasteiger partial charge in [-0.3, -0.25) is 9.59 Å². The normalized spacial score (nSPS) is 18.5. The molecule has 0 aromatic heterocycles. The van der Waals surface area contributed by atoms with Crippen LogP contribution in [-0.4, -0.2) is 65.0 Å². The van der Waals surface area contributed by atoms with Crippen LogP contribution in [0.4, 0.5) is 4.79 Å². The zero-order valence-electron chi connectivity index (χ0n) is 10.2. The minimum absolute atomic E-state index is 0.235. The molecule has 2 N–H and O–H groups in total. The highest BCUT2D eigenvalue weighted by Gasteiger charge is 2.41. The number of likely N-dealkylation sites (N-methyl/N-ethyl adjacent to an activating group) is 1. The molecule has 1 rings (SSSR count). The molecular formula is C10H17N3O4. The van der Waals surface area contributed by atoms with Crippen molar-refractivity contribution in [2.24, 2.45) is 0 Å². The summed E-state index contributed by atoms with van der Waals surface area (Å²) in [5.74, 6) is -1.32. The van der Waals surface area contributed by atoms with Gasteiger partial charge in [-0.05, 0) is 13.8 Å². The molecule has 0 atom stereocenters. The molecular weight excluding hydrogens is 226 g/mol. The number of nitrogens with one attached hydrogen (secondary N) is 1. The topological polar surface area (TPSA) is 90.0 Å². The maximum absolute atomic E-state index is 12.0. The Morgan fingerprint density at radius 1 is 1.53 bits per heavy atom. The Morgan fingerprint density at radius 3 is 2.65 bits per heavy atom. The van der Waals surface area contributed by atoms with Crippen LogP contribution in [0.2, 0.25) is 0 Å². The summed E-state index contributed by atoms with van der Waals surface area (Å²) in [5.41, 5.74) is -0.956. The number of carboxylic acid groups (broad SMARTS) is 1. The second-order valence-electron chi connectivity index (χ2n) is 4.50. The molecule has 1 saturated heterocycles. The fourth-order valence-corrected chi connectivity index (χ4v) is 1.71. The molecule has 0 aromatic rings. The first-order chi connectivity index (χ1) is 7.76. The van der Waals surface area contributed by atoms with Gasteiger partial charge in [-0.25, -0.2) is 4.79 Å². The summed E-state index contributed by atoms with van der Waals surface area (Å²) in [6.45, 7) is 3.64. The molecule has 0 bridgehead atoms. The average Bonchev–Trinajstić information content (AvgIpc) is 2.20. The van der Waals surface area contributed by atoms with Gasteiger partial charge in [-0.1, -0.05) is 0 Å². The van der Waals surface area contributed by atoms with E-state index in [0.29, 0.717) is 13.1 Å². The lowest BCUT2D eigenvalue weighted by atomic mass is 9.99. The maximum atomic E-state index is 12.0. The third-order valence-corrected chi connectivity index (χ3v) is 2.78. The van der Waals surface area contributed by atoms with Crippen molar-refractivity contribution in [3.63, 3.8) is 0 Å². The number of carbonyl (C=O) groups is 3. The molecule has 7 heteroatoms. The summed E-state index contributed by atoms with van der Waals surface area (Å²) in [6.07, 6.45) is 0. The number of hydrogen-bond acceptors (Lipinski definition) is 3. The Balaban J connectivity index is 2.80. The third-order valence-electron chi connectivity index (χ3n) is 2.78. The van der Waals surface area contributed by atoms with Crippen LogP contribution in [0.15, 0.2) is 0 Å². The summed E-state index contributed by atoms with van der Waals surface area (Å²) in [7, 11) is 1.40. The lowest BCUT2D eigenvalue weighted by Crippen LogP contribution is -2.65. The van der Waals surface area contributed by atoms with Crippen LogP contribution in [-0.2, 0) is 9.59 Å². The van der Waals surface area contributed by atoms with Gasteiger partial charge in [0, 0.05) is 20.1 Å². The van der Waals surface area contributed by atoms with Gasteiger partial charge in [-0.15, -0.1) is 0 Å². The lowest BCUT2D eigenvalue weighted by Gasteiger charge is -2.42. The van der Waals surface area contributed by atoms with Gasteiger partial charge in [0.2, 0.25) is 5.91 Å². The number of nitrogens with zero attached hydrogens (tertiary/aromatic N) is 2. The van der Waals surface area contributed by atoms with Crippen LogP contribution in [0, 0.1) is 0 Å². The molecule has 0 saturated carbocycles. The van der Waals surface area contributed by atoms with Crippen molar-refractivity contribution in [3.8, 4) is 0 Å². The van der Waals surface area contributed by atoms with Crippen molar-refractivity contribution in [2.45, 2.75) is 19.4 Å². The quantitative estimate of drug-likeness (QED) is 0.673. The SMILES string of the molecule is CN(CC(=O)O)C(=O)N1CCNC(=O)C1(C)C. The zero-order valence-corrected chi connectivity index (χ0v) is 10.2. The van der Waals surface area contributed by atoms with E-state index in [1.54, 1.807) is 13.8 Å². The number of carboxylic acids is 1. The van der Waals surface area contributed by atoms with Gasteiger partial charge in [0.1, 0.15) is 12.1 Å². The molecule has 0 spiro atoms. The predicted molar refractivity (Wildman–Crippen MR) is 59.5 cm³/mol. The van der Waals surface area contributed by atoms with Crippen molar-refractivity contribution in [3.05, 3.63) is 0 Å². The molecule has 3 amide bonds. The molecule has 1 aliphatic rings. The standard InChI is InChI=1S/C10H17N3O4/c1-10(2)8(16)11-4-5-13(10)9(17)12(3)6-7(14)15/h4-6H2,1-3H3,(H,11,16)(H,14,15). The number of amides is 3. The average molecular weight is 243 g/mol. The molecule has 1 aliphatic heterocycles. The van der Waals surface area contributed by atoms with Gasteiger partial charge in [-0.2, -0.15) is 0 Å². The molecule has 1 heterocycles. The van der Waals surface area contributed by atoms with E-state index < -0.39 is 17.5 Å². The van der Waals surface area contributed by atoms with Gasteiger partial charge < -0.3 is 20.2 Å². The number of aliphatic carboxylic acids is 1. The molecule has 0 aromatic carbocycles. The Kier molecular flexibility index (Phi) is 3.59. The first kappa shape index (κ1) is 13.3.